The van der Waals surface area contributed by atoms with Crippen LogP contribution in [0, 0.1) is 0 Å². The molecule has 0 radical (unpaired) electrons. The number of carbonyl (C=O) groups is 1. The lowest BCUT2D eigenvalue weighted by Crippen LogP contribution is -2.13. The lowest BCUT2D eigenvalue weighted by molar-refractivity contribution is 0.209. The molecule has 2 aromatic rings. The minimum Gasteiger partial charge on any atom is -0.465 e. The molecule has 0 aliphatic heterocycles. The third-order valence-corrected chi connectivity index (χ3v) is 4.73. The van der Waals surface area contributed by atoms with E-state index in [1.165, 1.54) is 0 Å². The van der Waals surface area contributed by atoms with Crippen LogP contribution in [0.15, 0.2) is 59.5 Å². The second kappa shape index (κ2) is 6.41. The number of para-hydroxylation sites is 1. The van der Waals surface area contributed by atoms with Gasteiger partial charge in [-0.25, -0.2) is 13.2 Å². The van der Waals surface area contributed by atoms with Gasteiger partial charge in [0.05, 0.1) is 10.6 Å². The van der Waals surface area contributed by atoms with Gasteiger partial charge in [-0.3, -0.25) is 5.32 Å². The maximum atomic E-state index is 12.2. The summed E-state index contributed by atoms with van der Waals surface area (Å²) in [6.07, 6.45) is -0.929. The van der Waals surface area contributed by atoms with Gasteiger partial charge in [-0.15, -0.1) is 0 Å². The number of carboxylic acid groups (broad SMARTS) is 1. The first-order valence-electron chi connectivity index (χ1n) is 6.35. The Bertz CT molecular complexity index is 726. The van der Waals surface area contributed by atoms with Crippen LogP contribution in [0.1, 0.15) is 5.56 Å². The summed E-state index contributed by atoms with van der Waals surface area (Å²) in [7, 11) is -3.38. The topological polar surface area (TPSA) is 83.5 Å². The van der Waals surface area contributed by atoms with E-state index in [0.717, 1.165) is 0 Å². The van der Waals surface area contributed by atoms with Crippen LogP contribution in [-0.2, 0) is 16.3 Å². The van der Waals surface area contributed by atoms with Crippen LogP contribution in [0.4, 0.5) is 10.5 Å². The van der Waals surface area contributed by atoms with Crippen LogP contribution in [0.5, 0.6) is 0 Å². The first-order chi connectivity index (χ1) is 9.99. The minimum atomic E-state index is -3.38. The van der Waals surface area contributed by atoms with Crippen molar-refractivity contribution in [3.8, 4) is 0 Å². The van der Waals surface area contributed by atoms with E-state index >= 15 is 0 Å². The minimum absolute atomic E-state index is 0.0741. The highest BCUT2D eigenvalue weighted by Gasteiger charge is 2.15. The molecule has 1 amide bonds. The van der Waals surface area contributed by atoms with E-state index in [1.807, 2.05) is 0 Å². The molecule has 0 atom stereocenters. The zero-order valence-electron chi connectivity index (χ0n) is 11.2. The first-order valence-corrected chi connectivity index (χ1v) is 8.00. The van der Waals surface area contributed by atoms with E-state index in [-0.39, 0.29) is 17.1 Å². The normalized spacial score (nSPS) is 11.0. The molecule has 0 aromatic heterocycles. The van der Waals surface area contributed by atoms with E-state index < -0.39 is 15.9 Å². The fourth-order valence-corrected chi connectivity index (χ4v) is 3.26. The second-order valence-corrected chi connectivity index (χ2v) is 6.58. The van der Waals surface area contributed by atoms with Gasteiger partial charge in [0.2, 0.25) is 0 Å². The maximum Gasteiger partial charge on any atom is 0.409 e. The highest BCUT2D eigenvalue weighted by Crippen LogP contribution is 2.18. The summed E-state index contributed by atoms with van der Waals surface area (Å²) < 4.78 is 24.4. The molecule has 0 aliphatic carbocycles. The number of anilines is 1. The second-order valence-electron chi connectivity index (χ2n) is 4.47. The van der Waals surface area contributed by atoms with Crippen molar-refractivity contribution in [2.24, 2.45) is 0 Å². The van der Waals surface area contributed by atoms with E-state index in [0.29, 0.717) is 11.3 Å². The molecule has 0 saturated carbocycles. The SMILES string of the molecule is O=C(O)Nc1ccccc1CCS(=O)(=O)c1ccccc1. The lowest BCUT2D eigenvalue weighted by Gasteiger charge is -2.09. The molecule has 0 saturated heterocycles. The van der Waals surface area contributed by atoms with Crippen molar-refractivity contribution >= 4 is 21.6 Å². The van der Waals surface area contributed by atoms with Gasteiger partial charge >= 0.3 is 6.09 Å². The molecule has 0 aliphatic rings. The average molecular weight is 305 g/mol. The molecule has 0 unspecified atom stereocenters. The van der Waals surface area contributed by atoms with Crippen molar-refractivity contribution in [2.45, 2.75) is 11.3 Å². The van der Waals surface area contributed by atoms with E-state index in [2.05, 4.69) is 5.32 Å². The summed E-state index contributed by atoms with van der Waals surface area (Å²) in [4.78, 5) is 11.0. The summed E-state index contributed by atoms with van der Waals surface area (Å²) >= 11 is 0. The standard InChI is InChI=1S/C15H15NO4S/c17-15(18)16-14-9-5-4-6-12(14)10-11-21(19,20)13-7-2-1-3-8-13/h1-9,16H,10-11H2,(H,17,18). The van der Waals surface area contributed by atoms with Gasteiger partial charge in [-0.2, -0.15) is 0 Å². The smallest absolute Gasteiger partial charge is 0.409 e. The molecule has 110 valence electrons. The molecule has 0 heterocycles. The molecule has 0 fully saturated rings. The number of aryl methyl sites for hydroxylation is 1. The number of nitrogens with one attached hydrogen (secondary N) is 1. The molecule has 2 N–H and O–H groups in total. The molecule has 5 nitrogen and oxygen atoms in total. The molecule has 6 heteroatoms. The van der Waals surface area contributed by atoms with Crippen LogP contribution < -0.4 is 5.32 Å². The Balaban J connectivity index is 2.15. The molecule has 0 bridgehead atoms. The lowest BCUT2D eigenvalue weighted by atomic mass is 10.1. The van der Waals surface area contributed by atoms with Crippen LogP contribution in [-0.4, -0.2) is 25.4 Å². The van der Waals surface area contributed by atoms with Crippen molar-refractivity contribution in [3.05, 3.63) is 60.2 Å². The number of rotatable bonds is 5. The molecule has 21 heavy (non-hydrogen) atoms. The van der Waals surface area contributed by atoms with Crippen LogP contribution in [0.3, 0.4) is 0 Å². The fraction of sp³-hybridized carbons (Fsp3) is 0.133. The number of amides is 1. The van der Waals surface area contributed by atoms with Gasteiger partial charge in [-0.05, 0) is 30.2 Å². The monoisotopic (exact) mass is 305 g/mol. The highest BCUT2D eigenvalue weighted by molar-refractivity contribution is 7.91. The summed E-state index contributed by atoms with van der Waals surface area (Å²) in [6.45, 7) is 0. The third-order valence-electron chi connectivity index (χ3n) is 3.00. The van der Waals surface area contributed by atoms with Crippen LogP contribution in [0.25, 0.3) is 0 Å². The zero-order chi connectivity index (χ0) is 15.3. The van der Waals surface area contributed by atoms with E-state index in [4.69, 9.17) is 5.11 Å². The van der Waals surface area contributed by atoms with E-state index in [1.54, 1.807) is 54.6 Å². The van der Waals surface area contributed by atoms with Crippen LogP contribution in [0.2, 0.25) is 0 Å². The zero-order valence-corrected chi connectivity index (χ0v) is 12.0. The van der Waals surface area contributed by atoms with Gasteiger partial charge in [0.1, 0.15) is 0 Å². The summed E-state index contributed by atoms with van der Waals surface area (Å²) in [5.41, 5.74) is 1.06. The maximum absolute atomic E-state index is 12.2. The number of hydrogen-bond acceptors (Lipinski definition) is 3. The Morgan fingerprint density at radius 3 is 2.29 bits per heavy atom. The number of sulfone groups is 1. The third kappa shape index (κ3) is 4.06. The Kier molecular flexibility index (Phi) is 4.59. The molecular weight excluding hydrogens is 290 g/mol. The predicted molar refractivity (Wildman–Crippen MR) is 80.3 cm³/mol. The molecular formula is C15H15NO4S. The van der Waals surface area contributed by atoms with Crippen molar-refractivity contribution in [2.75, 3.05) is 11.1 Å². The van der Waals surface area contributed by atoms with Gasteiger partial charge in [0, 0.05) is 5.69 Å². The number of hydrogen-bond donors (Lipinski definition) is 2. The molecule has 2 rings (SSSR count). The fourth-order valence-electron chi connectivity index (χ4n) is 1.97. The van der Waals surface area contributed by atoms with Gasteiger partial charge in [-0.1, -0.05) is 36.4 Å². The Hall–Kier alpha value is -2.34. The van der Waals surface area contributed by atoms with Gasteiger partial charge < -0.3 is 5.11 Å². The van der Waals surface area contributed by atoms with Crippen molar-refractivity contribution in [1.82, 2.24) is 0 Å². The van der Waals surface area contributed by atoms with Crippen molar-refractivity contribution < 1.29 is 18.3 Å². The Morgan fingerprint density at radius 1 is 1.00 bits per heavy atom. The summed E-state index contributed by atoms with van der Waals surface area (Å²) in [5, 5.41) is 11.0. The molecule has 0 spiro atoms. The Labute approximate surface area is 123 Å². The Morgan fingerprint density at radius 2 is 1.62 bits per heavy atom. The van der Waals surface area contributed by atoms with E-state index in [9.17, 15) is 13.2 Å². The van der Waals surface area contributed by atoms with Gasteiger partial charge in [0.15, 0.2) is 9.84 Å². The van der Waals surface area contributed by atoms with Crippen LogP contribution >= 0.6 is 0 Å². The quantitative estimate of drug-likeness (QED) is 0.889. The average Bonchev–Trinajstić information content (AvgIpc) is 2.47. The summed E-state index contributed by atoms with van der Waals surface area (Å²) in [5.74, 6) is -0.0741. The molecule has 2 aromatic carbocycles. The number of benzene rings is 2. The van der Waals surface area contributed by atoms with Gasteiger partial charge in [0.25, 0.3) is 0 Å². The summed E-state index contributed by atoms with van der Waals surface area (Å²) in [6, 6.07) is 15.0. The predicted octanol–water partition coefficient (Wildman–Crippen LogP) is 2.79. The van der Waals surface area contributed by atoms with Crippen molar-refractivity contribution in [3.63, 3.8) is 0 Å². The largest absolute Gasteiger partial charge is 0.465 e. The first kappa shape index (κ1) is 15.1. The van der Waals surface area contributed by atoms with Crippen molar-refractivity contribution in [1.29, 1.82) is 0 Å². The highest BCUT2D eigenvalue weighted by atomic mass is 32.2.